The summed E-state index contributed by atoms with van der Waals surface area (Å²) < 4.78 is 71.1. The number of carbonyl (C=O) groups excluding carboxylic acids is 1. The molecule has 1 aliphatic heterocycles. The fourth-order valence-electron chi connectivity index (χ4n) is 2.32. The fraction of sp³-hybridized carbons (Fsp3) is 0.125. The topological polar surface area (TPSA) is 62.4 Å². The van der Waals surface area contributed by atoms with Gasteiger partial charge in [-0.3, -0.25) is 4.79 Å². The van der Waals surface area contributed by atoms with Gasteiger partial charge in [0.1, 0.15) is 11.6 Å². The van der Waals surface area contributed by atoms with E-state index in [0.29, 0.717) is 6.07 Å². The van der Waals surface area contributed by atoms with Crippen LogP contribution in [0.3, 0.4) is 0 Å². The van der Waals surface area contributed by atoms with Gasteiger partial charge in [-0.1, -0.05) is 0 Å². The minimum atomic E-state index is -4.69. The van der Waals surface area contributed by atoms with Crippen molar-refractivity contribution >= 4 is 40.3 Å². The molecule has 1 aliphatic rings. The third kappa shape index (κ3) is 4.25. The lowest BCUT2D eigenvalue weighted by atomic mass is 10.1. The number of hydrogen-bond donors (Lipinski definition) is 3. The summed E-state index contributed by atoms with van der Waals surface area (Å²) in [5, 5.41) is 6.91. The highest BCUT2D eigenvalue weighted by Gasteiger charge is 2.34. The van der Waals surface area contributed by atoms with Crippen LogP contribution in [0, 0.1) is 11.6 Å². The normalized spacial score (nSPS) is 13.3. The number of fused-ring (bicyclic) bond motifs is 1. The minimum absolute atomic E-state index is 0.0497. The van der Waals surface area contributed by atoms with E-state index in [1.165, 1.54) is 0 Å². The highest BCUT2D eigenvalue weighted by Crippen LogP contribution is 2.42. The maximum atomic E-state index is 13.7. The molecule has 3 N–H and O–H groups in total. The molecule has 11 heteroatoms. The first kappa shape index (κ1) is 18.8. The molecule has 0 spiro atoms. The number of hydrogen-bond acceptors (Lipinski definition) is 3. The molecule has 0 unspecified atom stereocenters. The standard InChI is InChI=1S/C16H10F5N3O2S/c17-8-1-2-10(9(18)5-8)23-15(27)24-12-4-7(16(19,20)21)3-11-14(12)26-6-13(25)22-11/h1-5H,6H2,(H,22,25)(H2,23,24,27). The van der Waals surface area contributed by atoms with Crippen LogP contribution in [0.25, 0.3) is 0 Å². The Labute approximate surface area is 154 Å². The van der Waals surface area contributed by atoms with Gasteiger partial charge in [0.25, 0.3) is 5.91 Å². The number of alkyl halides is 3. The van der Waals surface area contributed by atoms with Crippen LogP contribution in [0.15, 0.2) is 30.3 Å². The highest BCUT2D eigenvalue weighted by atomic mass is 32.1. The summed E-state index contributed by atoms with van der Waals surface area (Å²) in [6, 6.07) is 4.16. The first-order chi connectivity index (χ1) is 12.6. The molecule has 0 saturated carbocycles. The van der Waals surface area contributed by atoms with Gasteiger partial charge in [0, 0.05) is 6.07 Å². The Morgan fingerprint density at radius 1 is 1.11 bits per heavy atom. The van der Waals surface area contributed by atoms with Crippen LogP contribution in [0.5, 0.6) is 5.75 Å². The second-order valence-corrected chi connectivity index (χ2v) is 5.85. The predicted molar refractivity (Wildman–Crippen MR) is 91.8 cm³/mol. The molecular formula is C16H10F5N3O2S. The number of amides is 1. The van der Waals surface area contributed by atoms with Crippen LogP contribution in [0.2, 0.25) is 0 Å². The SMILES string of the molecule is O=C1COc2c(cc(C(F)(F)F)cc2NC(=S)Nc2ccc(F)cc2F)N1. The fourth-order valence-corrected chi connectivity index (χ4v) is 2.54. The Hall–Kier alpha value is -2.95. The largest absolute Gasteiger partial charge is 0.479 e. The molecule has 1 heterocycles. The summed E-state index contributed by atoms with van der Waals surface area (Å²) in [4.78, 5) is 11.4. The van der Waals surface area contributed by atoms with Crippen LogP contribution >= 0.6 is 12.2 Å². The van der Waals surface area contributed by atoms with Crippen molar-refractivity contribution in [2.45, 2.75) is 6.18 Å². The zero-order chi connectivity index (χ0) is 19.8. The van der Waals surface area contributed by atoms with Crippen molar-refractivity contribution in [3.05, 3.63) is 47.5 Å². The molecule has 0 fully saturated rings. The summed E-state index contributed by atoms with van der Waals surface area (Å²) in [6.45, 7) is -0.389. The van der Waals surface area contributed by atoms with E-state index >= 15 is 0 Å². The van der Waals surface area contributed by atoms with Crippen molar-refractivity contribution in [2.75, 3.05) is 22.6 Å². The average Bonchev–Trinajstić information content (AvgIpc) is 2.56. The van der Waals surface area contributed by atoms with E-state index in [1.807, 2.05) is 0 Å². The zero-order valence-corrected chi connectivity index (χ0v) is 14.0. The van der Waals surface area contributed by atoms with Crippen molar-refractivity contribution in [3.63, 3.8) is 0 Å². The maximum absolute atomic E-state index is 13.7. The number of rotatable bonds is 2. The van der Waals surface area contributed by atoms with Crippen LogP contribution in [-0.2, 0) is 11.0 Å². The number of carbonyl (C=O) groups is 1. The van der Waals surface area contributed by atoms with Gasteiger partial charge in [-0.2, -0.15) is 13.2 Å². The first-order valence-corrected chi connectivity index (χ1v) is 7.75. The van der Waals surface area contributed by atoms with Crippen molar-refractivity contribution in [3.8, 4) is 5.75 Å². The van der Waals surface area contributed by atoms with Gasteiger partial charge >= 0.3 is 6.18 Å². The molecule has 0 aliphatic carbocycles. The molecule has 5 nitrogen and oxygen atoms in total. The van der Waals surface area contributed by atoms with Crippen molar-refractivity contribution < 1.29 is 31.5 Å². The van der Waals surface area contributed by atoms with E-state index in [1.54, 1.807) is 0 Å². The van der Waals surface area contributed by atoms with Crippen LogP contribution in [0.1, 0.15) is 5.56 Å². The molecule has 0 radical (unpaired) electrons. The van der Waals surface area contributed by atoms with E-state index in [0.717, 1.165) is 24.3 Å². The van der Waals surface area contributed by atoms with Crippen molar-refractivity contribution in [1.29, 1.82) is 0 Å². The summed E-state index contributed by atoms with van der Waals surface area (Å²) in [7, 11) is 0. The lowest BCUT2D eigenvalue weighted by Crippen LogP contribution is -2.28. The molecule has 1 amide bonds. The second-order valence-electron chi connectivity index (χ2n) is 5.44. The van der Waals surface area contributed by atoms with Crippen LogP contribution < -0.4 is 20.7 Å². The second kappa shape index (κ2) is 6.99. The van der Waals surface area contributed by atoms with Gasteiger partial charge < -0.3 is 20.7 Å². The Balaban J connectivity index is 1.90. The van der Waals surface area contributed by atoms with E-state index < -0.39 is 29.3 Å². The van der Waals surface area contributed by atoms with E-state index in [-0.39, 0.29) is 34.5 Å². The number of nitrogens with one attached hydrogen (secondary N) is 3. The third-order valence-electron chi connectivity index (χ3n) is 3.47. The van der Waals surface area contributed by atoms with Gasteiger partial charge in [-0.25, -0.2) is 8.78 Å². The summed E-state index contributed by atoms with van der Waals surface area (Å²) in [5.74, 6) is -2.39. The summed E-state index contributed by atoms with van der Waals surface area (Å²) in [6.07, 6.45) is -4.69. The molecule has 3 rings (SSSR count). The van der Waals surface area contributed by atoms with Gasteiger partial charge in [0.2, 0.25) is 0 Å². The Kier molecular flexibility index (Phi) is 4.87. The Morgan fingerprint density at radius 3 is 2.48 bits per heavy atom. The van der Waals surface area contributed by atoms with Crippen LogP contribution in [-0.4, -0.2) is 17.6 Å². The monoisotopic (exact) mass is 403 g/mol. The number of benzene rings is 2. The molecule has 27 heavy (non-hydrogen) atoms. The third-order valence-corrected chi connectivity index (χ3v) is 3.67. The number of thiocarbonyl (C=S) groups is 1. The molecular weight excluding hydrogens is 393 g/mol. The maximum Gasteiger partial charge on any atom is 0.416 e. The average molecular weight is 403 g/mol. The first-order valence-electron chi connectivity index (χ1n) is 7.34. The highest BCUT2D eigenvalue weighted by molar-refractivity contribution is 7.80. The molecule has 0 saturated heterocycles. The lowest BCUT2D eigenvalue weighted by Gasteiger charge is -2.23. The van der Waals surface area contributed by atoms with E-state index in [9.17, 15) is 26.7 Å². The van der Waals surface area contributed by atoms with Crippen molar-refractivity contribution in [2.24, 2.45) is 0 Å². The molecule has 142 valence electrons. The number of halogens is 5. The Bertz CT molecular complexity index is 933. The Morgan fingerprint density at radius 2 is 1.81 bits per heavy atom. The van der Waals surface area contributed by atoms with E-state index in [2.05, 4.69) is 16.0 Å². The molecule has 0 atom stereocenters. The summed E-state index contributed by atoms with van der Waals surface area (Å²) in [5.41, 5.74) is -1.59. The summed E-state index contributed by atoms with van der Waals surface area (Å²) >= 11 is 4.97. The quantitative estimate of drug-likeness (QED) is 0.520. The number of anilines is 3. The molecule has 2 aromatic carbocycles. The zero-order valence-electron chi connectivity index (χ0n) is 13.2. The van der Waals surface area contributed by atoms with Crippen LogP contribution in [0.4, 0.5) is 39.0 Å². The van der Waals surface area contributed by atoms with Gasteiger partial charge in [0.15, 0.2) is 17.5 Å². The lowest BCUT2D eigenvalue weighted by molar-refractivity contribution is -0.137. The predicted octanol–water partition coefficient (Wildman–Crippen LogP) is 4.12. The molecule has 0 bridgehead atoms. The minimum Gasteiger partial charge on any atom is -0.479 e. The smallest absolute Gasteiger partial charge is 0.416 e. The number of ether oxygens (including phenoxy) is 1. The molecule has 0 aromatic heterocycles. The van der Waals surface area contributed by atoms with Gasteiger partial charge in [-0.05, 0) is 36.5 Å². The van der Waals surface area contributed by atoms with Crippen molar-refractivity contribution in [1.82, 2.24) is 0 Å². The van der Waals surface area contributed by atoms with Gasteiger partial charge in [-0.15, -0.1) is 0 Å². The van der Waals surface area contributed by atoms with E-state index in [4.69, 9.17) is 17.0 Å². The molecule has 2 aromatic rings. The van der Waals surface area contributed by atoms with Gasteiger partial charge in [0.05, 0.1) is 22.6 Å².